The van der Waals surface area contributed by atoms with E-state index in [1.807, 2.05) is 12.3 Å². The fourth-order valence-electron chi connectivity index (χ4n) is 2.06. The molecule has 0 spiro atoms. The largest absolute Gasteiger partial charge is 0.314 e. The molecule has 76 valence electrons. The molecule has 0 amide bonds. The second-order valence-corrected chi connectivity index (χ2v) is 4.12. The molecule has 1 aliphatic heterocycles. The van der Waals surface area contributed by atoms with Crippen LogP contribution in [0.4, 0.5) is 0 Å². The molecule has 0 aromatic carbocycles. The van der Waals surface area contributed by atoms with Crippen molar-refractivity contribution in [3.63, 3.8) is 0 Å². The Morgan fingerprint density at radius 3 is 3.14 bits per heavy atom. The highest BCUT2D eigenvalue weighted by Gasteiger charge is 2.14. The number of aryl methyl sites for hydroxylation is 1. The van der Waals surface area contributed by atoms with Gasteiger partial charge in [-0.3, -0.25) is 4.98 Å². The zero-order chi connectivity index (χ0) is 9.80. The summed E-state index contributed by atoms with van der Waals surface area (Å²) < 4.78 is 0. The van der Waals surface area contributed by atoms with E-state index >= 15 is 0 Å². The molecule has 0 bridgehead atoms. The Balaban J connectivity index is 1.99. The van der Waals surface area contributed by atoms with E-state index in [2.05, 4.69) is 23.3 Å². The molecule has 1 aromatic rings. The summed E-state index contributed by atoms with van der Waals surface area (Å²) in [6, 6.07) is 4.80. The third kappa shape index (κ3) is 2.32. The molecule has 14 heavy (non-hydrogen) atoms. The van der Waals surface area contributed by atoms with Gasteiger partial charge < -0.3 is 5.32 Å². The number of aromatic nitrogens is 1. The lowest BCUT2D eigenvalue weighted by Gasteiger charge is -2.23. The van der Waals surface area contributed by atoms with Gasteiger partial charge in [-0.25, -0.2) is 0 Å². The molecular formula is C12H18N2. The van der Waals surface area contributed by atoms with Crippen molar-refractivity contribution >= 4 is 0 Å². The Labute approximate surface area is 85.7 Å². The molecule has 0 unspecified atom stereocenters. The number of hydrogen-bond acceptors (Lipinski definition) is 2. The summed E-state index contributed by atoms with van der Waals surface area (Å²) in [7, 11) is 0. The first-order valence-corrected chi connectivity index (χ1v) is 5.50. The van der Waals surface area contributed by atoms with Gasteiger partial charge in [-0.1, -0.05) is 12.5 Å². The summed E-state index contributed by atoms with van der Waals surface area (Å²) >= 11 is 0. The van der Waals surface area contributed by atoms with Gasteiger partial charge in [-0.05, 0) is 37.9 Å². The quantitative estimate of drug-likeness (QED) is 0.772. The lowest BCUT2D eigenvalue weighted by atomic mass is 9.99. The fraction of sp³-hybridized carbons (Fsp3) is 0.583. The van der Waals surface area contributed by atoms with E-state index in [1.54, 1.807) is 0 Å². The highest BCUT2D eigenvalue weighted by atomic mass is 14.9. The smallest absolute Gasteiger partial charge is 0.0448 e. The molecule has 2 heterocycles. The third-order valence-electron chi connectivity index (χ3n) is 2.97. The second kappa shape index (κ2) is 4.56. The number of piperidine rings is 1. The molecule has 1 fully saturated rings. The predicted molar refractivity (Wildman–Crippen MR) is 58.3 cm³/mol. The van der Waals surface area contributed by atoms with E-state index in [-0.39, 0.29) is 0 Å². The molecule has 2 rings (SSSR count). The predicted octanol–water partition coefficient (Wildman–Crippen LogP) is 2.07. The first-order valence-electron chi connectivity index (χ1n) is 5.50. The van der Waals surface area contributed by atoms with Gasteiger partial charge >= 0.3 is 0 Å². The summed E-state index contributed by atoms with van der Waals surface area (Å²) in [4.78, 5) is 4.43. The fourth-order valence-corrected chi connectivity index (χ4v) is 2.06. The van der Waals surface area contributed by atoms with Crippen molar-refractivity contribution < 1.29 is 0 Å². The standard InChI is InChI=1S/C12H18N2/c1-10-5-4-8-14-12(10)9-11-6-2-3-7-13-11/h4-5,8,11,13H,2-3,6-7,9H2,1H3/t11-/m0/s1. The van der Waals surface area contributed by atoms with Gasteiger partial charge in [0, 0.05) is 24.4 Å². The van der Waals surface area contributed by atoms with Crippen LogP contribution >= 0.6 is 0 Å². The zero-order valence-corrected chi connectivity index (χ0v) is 8.79. The van der Waals surface area contributed by atoms with Crippen molar-refractivity contribution in [2.24, 2.45) is 0 Å². The Bertz CT molecular complexity index is 290. The van der Waals surface area contributed by atoms with Crippen LogP contribution < -0.4 is 5.32 Å². The Kier molecular flexibility index (Phi) is 3.14. The third-order valence-corrected chi connectivity index (χ3v) is 2.97. The van der Waals surface area contributed by atoms with Gasteiger partial charge in [0.25, 0.3) is 0 Å². The average Bonchev–Trinajstić information content (AvgIpc) is 2.23. The maximum atomic E-state index is 4.43. The number of nitrogens with one attached hydrogen (secondary N) is 1. The Hall–Kier alpha value is -0.890. The van der Waals surface area contributed by atoms with Crippen LogP contribution in [0.5, 0.6) is 0 Å². The maximum Gasteiger partial charge on any atom is 0.0448 e. The van der Waals surface area contributed by atoms with Crippen molar-refractivity contribution in [3.8, 4) is 0 Å². The van der Waals surface area contributed by atoms with E-state index in [0.29, 0.717) is 6.04 Å². The van der Waals surface area contributed by atoms with Crippen LogP contribution in [0, 0.1) is 6.92 Å². The summed E-state index contributed by atoms with van der Waals surface area (Å²) in [5.74, 6) is 0. The van der Waals surface area contributed by atoms with Crippen molar-refractivity contribution in [3.05, 3.63) is 29.6 Å². The van der Waals surface area contributed by atoms with Crippen molar-refractivity contribution in [1.29, 1.82) is 0 Å². The number of rotatable bonds is 2. The van der Waals surface area contributed by atoms with Crippen LogP contribution in [0.15, 0.2) is 18.3 Å². The first-order chi connectivity index (χ1) is 6.86. The van der Waals surface area contributed by atoms with Crippen LogP contribution in [-0.4, -0.2) is 17.6 Å². The molecule has 1 aromatic heterocycles. The summed E-state index contributed by atoms with van der Waals surface area (Å²) in [6.07, 6.45) is 6.98. The van der Waals surface area contributed by atoms with E-state index in [4.69, 9.17) is 0 Å². The van der Waals surface area contributed by atoms with Gasteiger partial charge in [0.15, 0.2) is 0 Å². The molecule has 1 atom stereocenters. The van der Waals surface area contributed by atoms with E-state index in [9.17, 15) is 0 Å². The summed E-state index contributed by atoms with van der Waals surface area (Å²) in [5.41, 5.74) is 2.58. The number of nitrogens with zero attached hydrogens (tertiary/aromatic N) is 1. The summed E-state index contributed by atoms with van der Waals surface area (Å²) in [5, 5.41) is 3.55. The normalized spacial score (nSPS) is 22.2. The van der Waals surface area contributed by atoms with E-state index in [1.165, 1.54) is 37.1 Å². The highest BCUT2D eigenvalue weighted by molar-refractivity contribution is 5.18. The summed E-state index contributed by atoms with van der Waals surface area (Å²) in [6.45, 7) is 3.32. The minimum Gasteiger partial charge on any atom is -0.314 e. The topological polar surface area (TPSA) is 24.9 Å². The van der Waals surface area contributed by atoms with Gasteiger partial charge in [0.2, 0.25) is 0 Å². The minimum absolute atomic E-state index is 0.650. The molecule has 1 aliphatic rings. The lowest BCUT2D eigenvalue weighted by molar-refractivity contribution is 0.396. The molecule has 0 radical (unpaired) electrons. The van der Waals surface area contributed by atoms with Gasteiger partial charge in [0.05, 0.1) is 0 Å². The molecule has 0 aliphatic carbocycles. The van der Waals surface area contributed by atoms with Crippen LogP contribution in [0.3, 0.4) is 0 Å². The monoisotopic (exact) mass is 190 g/mol. The molecule has 2 nitrogen and oxygen atoms in total. The van der Waals surface area contributed by atoms with Crippen LogP contribution in [0.25, 0.3) is 0 Å². The maximum absolute atomic E-state index is 4.43. The van der Waals surface area contributed by atoms with Crippen molar-refractivity contribution in [2.45, 2.75) is 38.6 Å². The highest BCUT2D eigenvalue weighted by Crippen LogP contribution is 2.13. The zero-order valence-electron chi connectivity index (χ0n) is 8.79. The lowest BCUT2D eigenvalue weighted by Crippen LogP contribution is -2.35. The van der Waals surface area contributed by atoms with Crippen LogP contribution in [-0.2, 0) is 6.42 Å². The van der Waals surface area contributed by atoms with Crippen LogP contribution in [0.1, 0.15) is 30.5 Å². The van der Waals surface area contributed by atoms with E-state index in [0.717, 1.165) is 6.42 Å². The molecule has 2 heteroatoms. The number of hydrogen-bond donors (Lipinski definition) is 1. The number of pyridine rings is 1. The SMILES string of the molecule is Cc1cccnc1C[C@@H]1CCCCN1. The van der Waals surface area contributed by atoms with Crippen molar-refractivity contribution in [1.82, 2.24) is 10.3 Å². The van der Waals surface area contributed by atoms with Gasteiger partial charge in [0.1, 0.15) is 0 Å². The Morgan fingerprint density at radius 1 is 1.50 bits per heavy atom. The molecular weight excluding hydrogens is 172 g/mol. The Morgan fingerprint density at radius 2 is 2.43 bits per heavy atom. The van der Waals surface area contributed by atoms with Crippen molar-refractivity contribution in [2.75, 3.05) is 6.54 Å². The average molecular weight is 190 g/mol. The molecule has 0 saturated carbocycles. The first kappa shape index (κ1) is 9.66. The van der Waals surface area contributed by atoms with Gasteiger partial charge in [-0.15, -0.1) is 0 Å². The molecule has 1 N–H and O–H groups in total. The minimum atomic E-state index is 0.650. The second-order valence-electron chi connectivity index (χ2n) is 4.12. The van der Waals surface area contributed by atoms with E-state index < -0.39 is 0 Å². The van der Waals surface area contributed by atoms with Crippen LogP contribution in [0.2, 0.25) is 0 Å². The van der Waals surface area contributed by atoms with Gasteiger partial charge in [-0.2, -0.15) is 0 Å². The molecule has 1 saturated heterocycles.